The van der Waals surface area contributed by atoms with E-state index in [-0.39, 0.29) is 0 Å². The van der Waals surface area contributed by atoms with Gasteiger partial charge in [-0.2, -0.15) is 4.98 Å². The molecular formula is C16H15N5O. The van der Waals surface area contributed by atoms with Crippen LogP contribution in [0.3, 0.4) is 0 Å². The molecule has 22 heavy (non-hydrogen) atoms. The largest absolute Gasteiger partial charge is 0.357 e. The highest BCUT2D eigenvalue weighted by molar-refractivity contribution is 5.62. The molecule has 0 N–H and O–H groups in total. The average molecular weight is 293 g/mol. The Kier molecular flexibility index (Phi) is 3.27. The van der Waals surface area contributed by atoms with Crippen LogP contribution in [0.1, 0.15) is 12.8 Å². The smallest absolute Gasteiger partial charge is 0.258 e. The number of aromatic nitrogens is 4. The number of hydrogen-bond acceptors (Lipinski definition) is 6. The molecule has 0 radical (unpaired) electrons. The van der Waals surface area contributed by atoms with Crippen molar-refractivity contribution in [2.75, 3.05) is 18.0 Å². The Bertz CT molecular complexity index is 765. The third-order valence-corrected chi connectivity index (χ3v) is 3.79. The Labute approximate surface area is 127 Å². The molecule has 4 heterocycles. The van der Waals surface area contributed by atoms with Gasteiger partial charge in [-0.1, -0.05) is 5.16 Å². The molecule has 110 valence electrons. The molecular weight excluding hydrogens is 278 g/mol. The van der Waals surface area contributed by atoms with Crippen LogP contribution in [-0.2, 0) is 0 Å². The van der Waals surface area contributed by atoms with Gasteiger partial charge in [0.05, 0.1) is 0 Å². The molecule has 0 saturated carbocycles. The Morgan fingerprint density at radius 1 is 0.955 bits per heavy atom. The normalized spacial score (nSPS) is 14.5. The predicted octanol–water partition coefficient (Wildman–Crippen LogP) is 2.79. The zero-order valence-electron chi connectivity index (χ0n) is 12.0. The minimum Gasteiger partial charge on any atom is -0.357 e. The van der Waals surface area contributed by atoms with Gasteiger partial charge in [0, 0.05) is 42.8 Å². The highest BCUT2D eigenvalue weighted by Crippen LogP contribution is 2.25. The van der Waals surface area contributed by atoms with Crippen LogP contribution >= 0.6 is 0 Å². The van der Waals surface area contributed by atoms with Crippen LogP contribution in [0.25, 0.3) is 22.8 Å². The van der Waals surface area contributed by atoms with E-state index < -0.39 is 0 Å². The molecule has 1 fully saturated rings. The molecule has 6 nitrogen and oxygen atoms in total. The highest BCUT2D eigenvalue weighted by atomic mass is 16.5. The molecule has 0 unspecified atom stereocenters. The van der Waals surface area contributed by atoms with E-state index in [9.17, 15) is 0 Å². The van der Waals surface area contributed by atoms with Crippen LogP contribution in [0, 0.1) is 0 Å². The van der Waals surface area contributed by atoms with Crippen molar-refractivity contribution in [2.24, 2.45) is 0 Å². The molecule has 3 aromatic heterocycles. The third kappa shape index (κ3) is 2.43. The van der Waals surface area contributed by atoms with Crippen molar-refractivity contribution in [1.29, 1.82) is 0 Å². The van der Waals surface area contributed by atoms with E-state index in [1.54, 1.807) is 18.6 Å². The molecule has 1 aliphatic rings. The molecule has 1 aliphatic heterocycles. The Morgan fingerprint density at radius 2 is 1.73 bits per heavy atom. The van der Waals surface area contributed by atoms with Gasteiger partial charge >= 0.3 is 0 Å². The summed E-state index contributed by atoms with van der Waals surface area (Å²) in [5, 5.41) is 4.08. The van der Waals surface area contributed by atoms with Gasteiger partial charge in [-0.15, -0.1) is 0 Å². The zero-order valence-corrected chi connectivity index (χ0v) is 12.0. The monoisotopic (exact) mass is 293 g/mol. The Balaban J connectivity index is 1.65. The SMILES string of the molecule is c1cc(-c2nc(-c3ccnc(N4CCCC4)c3)no2)ccn1. The number of pyridine rings is 2. The molecule has 4 rings (SSSR count). The molecule has 1 saturated heterocycles. The molecule has 3 aromatic rings. The van der Waals surface area contributed by atoms with E-state index in [1.165, 1.54) is 12.8 Å². The van der Waals surface area contributed by atoms with Crippen LogP contribution in [0.2, 0.25) is 0 Å². The second-order valence-electron chi connectivity index (χ2n) is 5.26. The van der Waals surface area contributed by atoms with Gasteiger partial charge in [0.25, 0.3) is 5.89 Å². The van der Waals surface area contributed by atoms with E-state index in [1.807, 2.05) is 24.3 Å². The lowest BCUT2D eigenvalue weighted by atomic mass is 10.2. The quantitative estimate of drug-likeness (QED) is 0.739. The summed E-state index contributed by atoms with van der Waals surface area (Å²) in [5.74, 6) is 2.05. The topological polar surface area (TPSA) is 67.9 Å². The maximum atomic E-state index is 5.35. The molecule has 0 amide bonds. The first-order valence-corrected chi connectivity index (χ1v) is 7.36. The van der Waals surface area contributed by atoms with Crippen molar-refractivity contribution in [3.8, 4) is 22.8 Å². The standard InChI is InChI=1S/C16H15N5O/c1-2-10-21(9-1)14-11-13(5-8-18-14)15-19-16(22-20-15)12-3-6-17-7-4-12/h3-8,11H,1-2,9-10H2. The zero-order chi connectivity index (χ0) is 14.8. The van der Waals surface area contributed by atoms with E-state index in [0.717, 1.165) is 30.0 Å². The van der Waals surface area contributed by atoms with Crippen molar-refractivity contribution >= 4 is 5.82 Å². The highest BCUT2D eigenvalue weighted by Gasteiger charge is 2.16. The first-order chi connectivity index (χ1) is 10.9. The van der Waals surface area contributed by atoms with Crippen LogP contribution < -0.4 is 4.90 Å². The summed E-state index contributed by atoms with van der Waals surface area (Å²) in [6.45, 7) is 2.12. The molecule has 0 aliphatic carbocycles. The van der Waals surface area contributed by atoms with Gasteiger partial charge in [-0.25, -0.2) is 4.98 Å². The maximum Gasteiger partial charge on any atom is 0.258 e. The van der Waals surface area contributed by atoms with Crippen LogP contribution in [0.15, 0.2) is 47.4 Å². The van der Waals surface area contributed by atoms with Crippen molar-refractivity contribution in [3.63, 3.8) is 0 Å². The van der Waals surface area contributed by atoms with Gasteiger partial charge in [0.2, 0.25) is 5.82 Å². The minimum absolute atomic E-state index is 0.497. The molecule has 0 atom stereocenters. The average Bonchev–Trinajstić information content (AvgIpc) is 3.28. The van der Waals surface area contributed by atoms with Crippen molar-refractivity contribution in [1.82, 2.24) is 20.1 Å². The molecule has 0 aromatic carbocycles. The van der Waals surface area contributed by atoms with Gasteiger partial charge < -0.3 is 9.42 Å². The van der Waals surface area contributed by atoms with Crippen molar-refractivity contribution < 1.29 is 4.52 Å². The van der Waals surface area contributed by atoms with Gasteiger partial charge in [0.1, 0.15) is 5.82 Å². The van der Waals surface area contributed by atoms with E-state index in [4.69, 9.17) is 4.52 Å². The summed E-state index contributed by atoms with van der Waals surface area (Å²) < 4.78 is 5.35. The fourth-order valence-electron chi connectivity index (χ4n) is 2.63. The molecule has 0 bridgehead atoms. The lowest BCUT2D eigenvalue weighted by Crippen LogP contribution is -2.18. The second kappa shape index (κ2) is 5.55. The van der Waals surface area contributed by atoms with Gasteiger partial charge in [-0.05, 0) is 37.1 Å². The second-order valence-corrected chi connectivity index (χ2v) is 5.26. The lowest BCUT2D eigenvalue weighted by molar-refractivity contribution is 0.432. The summed E-state index contributed by atoms with van der Waals surface area (Å²) in [4.78, 5) is 15.2. The van der Waals surface area contributed by atoms with E-state index in [0.29, 0.717) is 11.7 Å². The minimum atomic E-state index is 0.497. The lowest BCUT2D eigenvalue weighted by Gasteiger charge is -2.16. The Morgan fingerprint density at radius 3 is 2.55 bits per heavy atom. The van der Waals surface area contributed by atoms with Crippen LogP contribution in [-0.4, -0.2) is 33.2 Å². The summed E-state index contributed by atoms with van der Waals surface area (Å²) in [6, 6.07) is 7.62. The number of rotatable bonds is 3. The third-order valence-electron chi connectivity index (χ3n) is 3.79. The summed E-state index contributed by atoms with van der Waals surface area (Å²) in [5.41, 5.74) is 1.78. The fourth-order valence-corrected chi connectivity index (χ4v) is 2.63. The van der Waals surface area contributed by atoms with Gasteiger partial charge in [-0.3, -0.25) is 4.98 Å². The van der Waals surface area contributed by atoms with Crippen LogP contribution in [0.5, 0.6) is 0 Å². The number of hydrogen-bond donors (Lipinski definition) is 0. The fraction of sp³-hybridized carbons (Fsp3) is 0.250. The molecule has 6 heteroatoms. The van der Waals surface area contributed by atoms with Crippen molar-refractivity contribution in [2.45, 2.75) is 12.8 Å². The van der Waals surface area contributed by atoms with E-state index in [2.05, 4.69) is 25.0 Å². The number of nitrogens with zero attached hydrogens (tertiary/aromatic N) is 5. The molecule has 0 spiro atoms. The van der Waals surface area contributed by atoms with Gasteiger partial charge in [0.15, 0.2) is 0 Å². The summed E-state index contributed by atoms with van der Waals surface area (Å²) in [7, 11) is 0. The number of anilines is 1. The van der Waals surface area contributed by atoms with Crippen molar-refractivity contribution in [3.05, 3.63) is 42.9 Å². The van der Waals surface area contributed by atoms with E-state index >= 15 is 0 Å². The summed E-state index contributed by atoms with van der Waals surface area (Å²) >= 11 is 0. The first kappa shape index (κ1) is 12.9. The maximum absolute atomic E-state index is 5.35. The Hall–Kier alpha value is -2.76. The predicted molar refractivity (Wildman–Crippen MR) is 82.2 cm³/mol. The summed E-state index contributed by atoms with van der Waals surface area (Å²) in [6.07, 6.45) is 7.65. The van der Waals surface area contributed by atoms with Crippen LogP contribution in [0.4, 0.5) is 5.82 Å². The first-order valence-electron chi connectivity index (χ1n) is 7.36.